The molecule has 1 nitrogen and oxygen atoms in total. The van der Waals surface area contributed by atoms with Gasteiger partial charge in [0.2, 0.25) is 0 Å². The molecule has 0 fully saturated rings. The monoisotopic (exact) mass is 343 g/mol. The Hall–Kier alpha value is -0.700. The Morgan fingerprint density at radius 3 is 2.28 bits per heavy atom. The topological polar surface area (TPSA) is 12.0 Å². The fourth-order valence-electron chi connectivity index (χ4n) is 1.67. The first kappa shape index (κ1) is 13.7. The Morgan fingerprint density at radius 1 is 1.00 bits per heavy atom. The van der Waals surface area contributed by atoms with Crippen molar-refractivity contribution in [1.29, 1.82) is 0 Å². The molecule has 0 heterocycles. The molecule has 18 heavy (non-hydrogen) atoms. The molecule has 94 valence electrons. The lowest BCUT2D eigenvalue weighted by atomic mass is 10.1. The van der Waals surface area contributed by atoms with Gasteiger partial charge in [0.05, 0.1) is 10.0 Å². The second-order valence-corrected chi connectivity index (χ2v) is 5.78. The summed E-state index contributed by atoms with van der Waals surface area (Å²) in [6, 6.07) is 14.0. The van der Waals surface area contributed by atoms with Crippen molar-refractivity contribution < 1.29 is 0 Å². The number of hydrogen-bond acceptors (Lipinski definition) is 1. The number of nitrogens with one attached hydrogen (secondary N) is 1. The van der Waals surface area contributed by atoms with E-state index in [1.807, 2.05) is 24.3 Å². The van der Waals surface area contributed by atoms with Gasteiger partial charge >= 0.3 is 0 Å². The summed E-state index contributed by atoms with van der Waals surface area (Å²) in [4.78, 5) is 0. The van der Waals surface area contributed by atoms with Gasteiger partial charge in [-0.25, -0.2) is 0 Å². The third-order valence-corrected chi connectivity index (χ3v) is 3.94. The van der Waals surface area contributed by atoms with E-state index in [4.69, 9.17) is 23.2 Å². The van der Waals surface area contributed by atoms with Gasteiger partial charge in [0.25, 0.3) is 0 Å². The predicted octanol–water partition coefficient (Wildman–Crippen LogP) is 5.93. The van der Waals surface area contributed by atoms with E-state index < -0.39 is 0 Å². The Balaban J connectivity index is 2.13. The fraction of sp³-hybridized carbons (Fsp3) is 0.143. The molecular weight excluding hydrogens is 333 g/mol. The quantitative estimate of drug-likeness (QED) is 0.727. The van der Waals surface area contributed by atoms with Crippen LogP contribution in [0.1, 0.15) is 18.5 Å². The molecule has 0 amide bonds. The summed E-state index contributed by atoms with van der Waals surface area (Å²) in [7, 11) is 0. The molecule has 0 radical (unpaired) electrons. The molecule has 0 aromatic heterocycles. The van der Waals surface area contributed by atoms with Crippen molar-refractivity contribution in [2.45, 2.75) is 13.0 Å². The molecule has 1 unspecified atom stereocenters. The highest BCUT2D eigenvalue weighted by Gasteiger charge is 2.06. The molecule has 0 saturated heterocycles. The van der Waals surface area contributed by atoms with Gasteiger partial charge in [-0.1, -0.05) is 51.3 Å². The van der Waals surface area contributed by atoms with Gasteiger partial charge in [-0.3, -0.25) is 0 Å². The molecule has 0 bridgehead atoms. The Bertz CT molecular complexity index is 540. The number of rotatable bonds is 3. The van der Waals surface area contributed by atoms with Crippen molar-refractivity contribution in [3.8, 4) is 0 Å². The first-order valence-electron chi connectivity index (χ1n) is 5.53. The smallest absolute Gasteiger partial charge is 0.0612 e. The molecule has 2 aromatic rings. The summed E-state index contributed by atoms with van der Waals surface area (Å²) in [6.07, 6.45) is 0. The van der Waals surface area contributed by atoms with Crippen LogP contribution in [-0.4, -0.2) is 0 Å². The van der Waals surface area contributed by atoms with Crippen LogP contribution in [-0.2, 0) is 0 Å². The molecule has 0 aliphatic rings. The van der Waals surface area contributed by atoms with E-state index in [-0.39, 0.29) is 6.04 Å². The van der Waals surface area contributed by atoms with Crippen LogP contribution in [0.5, 0.6) is 0 Å². The largest absolute Gasteiger partial charge is 0.378 e. The van der Waals surface area contributed by atoms with E-state index in [0.717, 1.165) is 10.2 Å². The highest BCUT2D eigenvalue weighted by Crippen LogP contribution is 2.27. The second-order valence-electron chi connectivity index (χ2n) is 4.05. The van der Waals surface area contributed by atoms with Crippen LogP contribution in [0.25, 0.3) is 0 Å². The van der Waals surface area contributed by atoms with E-state index in [9.17, 15) is 0 Å². The van der Waals surface area contributed by atoms with Crippen molar-refractivity contribution in [2.24, 2.45) is 0 Å². The number of hydrogen-bond donors (Lipinski definition) is 1. The predicted molar refractivity (Wildman–Crippen MR) is 82.6 cm³/mol. The Labute approximate surface area is 125 Å². The van der Waals surface area contributed by atoms with Crippen molar-refractivity contribution >= 4 is 44.8 Å². The lowest BCUT2D eigenvalue weighted by Crippen LogP contribution is -2.06. The van der Waals surface area contributed by atoms with E-state index >= 15 is 0 Å². The van der Waals surface area contributed by atoms with Crippen LogP contribution in [0.15, 0.2) is 46.9 Å². The average Bonchev–Trinajstić information content (AvgIpc) is 2.34. The standard InChI is InChI=1S/C14H12BrCl2N/c1-9(10-2-4-11(15)5-3-10)18-12-6-7-13(16)14(17)8-12/h2-9,18H,1H3. The normalized spacial score (nSPS) is 12.2. The van der Waals surface area contributed by atoms with Crippen molar-refractivity contribution in [2.75, 3.05) is 5.32 Å². The fourth-order valence-corrected chi connectivity index (χ4v) is 2.23. The van der Waals surface area contributed by atoms with Gasteiger partial charge in [-0.05, 0) is 42.8 Å². The molecule has 1 N–H and O–H groups in total. The zero-order chi connectivity index (χ0) is 13.1. The SMILES string of the molecule is CC(Nc1ccc(Cl)c(Cl)c1)c1ccc(Br)cc1. The van der Waals surface area contributed by atoms with Gasteiger partial charge in [0.1, 0.15) is 0 Å². The zero-order valence-electron chi connectivity index (χ0n) is 9.75. The van der Waals surface area contributed by atoms with Crippen LogP contribution in [0, 0.1) is 0 Å². The summed E-state index contributed by atoms with van der Waals surface area (Å²) < 4.78 is 1.08. The maximum Gasteiger partial charge on any atom is 0.0612 e. The van der Waals surface area contributed by atoms with E-state index in [1.54, 1.807) is 6.07 Å². The second kappa shape index (κ2) is 5.96. The molecule has 0 aliphatic heterocycles. The summed E-state index contributed by atoms with van der Waals surface area (Å²) in [6.45, 7) is 2.10. The first-order chi connectivity index (χ1) is 8.56. The van der Waals surface area contributed by atoms with Gasteiger partial charge in [-0.2, -0.15) is 0 Å². The summed E-state index contributed by atoms with van der Waals surface area (Å²) in [5.41, 5.74) is 2.17. The molecule has 4 heteroatoms. The highest BCUT2D eigenvalue weighted by molar-refractivity contribution is 9.10. The van der Waals surface area contributed by atoms with Crippen LogP contribution in [0.4, 0.5) is 5.69 Å². The van der Waals surface area contributed by atoms with Gasteiger partial charge < -0.3 is 5.32 Å². The van der Waals surface area contributed by atoms with Crippen LogP contribution < -0.4 is 5.32 Å². The van der Waals surface area contributed by atoms with Crippen molar-refractivity contribution in [3.05, 3.63) is 62.5 Å². The van der Waals surface area contributed by atoms with Gasteiger partial charge in [0, 0.05) is 16.2 Å². The van der Waals surface area contributed by atoms with Crippen LogP contribution in [0.2, 0.25) is 10.0 Å². The van der Waals surface area contributed by atoms with E-state index in [1.165, 1.54) is 5.56 Å². The van der Waals surface area contributed by atoms with Gasteiger partial charge in [0.15, 0.2) is 0 Å². The maximum absolute atomic E-state index is 5.99. The lowest BCUT2D eigenvalue weighted by molar-refractivity contribution is 0.884. The van der Waals surface area contributed by atoms with Crippen LogP contribution in [0.3, 0.4) is 0 Å². The maximum atomic E-state index is 5.99. The number of anilines is 1. The third-order valence-electron chi connectivity index (χ3n) is 2.67. The molecular formula is C14H12BrCl2N. The van der Waals surface area contributed by atoms with Crippen molar-refractivity contribution in [1.82, 2.24) is 0 Å². The summed E-state index contributed by atoms with van der Waals surface area (Å²) in [5.74, 6) is 0. The minimum atomic E-state index is 0.204. The molecule has 0 spiro atoms. The highest BCUT2D eigenvalue weighted by atomic mass is 79.9. The number of halogens is 3. The van der Waals surface area contributed by atoms with E-state index in [2.05, 4.69) is 40.3 Å². The summed E-state index contributed by atoms with van der Waals surface area (Å²) >= 11 is 15.3. The lowest BCUT2D eigenvalue weighted by Gasteiger charge is -2.16. The Kier molecular flexibility index (Phi) is 4.55. The zero-order valence-corrected chi connectivity index (χ0v) is 12.9. The number of benzene rings is 2. The molecule has 1 atom stereocenters. The molecule has 2 rings (SSSR count). The molecule has 0 aliphatic carbocycles. The summed E-state index contributed by atoms with van der Waals surface area (Å²) in [5, 5.41) is 4.52. The average molecular weight is 345 g/mol. The minimum Gasteiger partial charge on any atom is -0.378 e. The van der Waals surface area contributed by atoms with Crippen LogP contribution >= 0.6 is 39.1 Å². The minimum absolute atomic E-state index is 0.204. The molecule has 0 saturated carbocycles. The first-order valence-corrected chi connectivity index (χ1v) is 7.08. The van der Waals surface area contributed by atoms with Gasteiger partial charge in [-0.15, -0.1) is 0 Å². The third kappa shape index (κ3) is 3.41. The Morgan fingerprint density at radius 2 is 1.67 bits per heavy atom. The van der Waals surface area contributed by atoms with E-state index in [0.29, 0.717) is 10.0 Å². The molecule has 2 aromatic carbocycles. The van der Waals surface area contributed by atoms with Crippen molar-refractivity contribution in [3.63, 3.8) is 0 Å².